The van der Waals surface area contributed by atoms with E-state index in [1.54, 1.807) is 10.8 Å². The SMILES string of the molecule is Cc1cc(Nc2ncnn3ccc(C4CC5CCC4CN5)c23)ccc1Oc1ccn2ncnc2c1. The van der Waals surface area contributed by atoms with Crippen LogP contribution in [0.5, 0.6) is 11.5 Å². The molecular formula is C26H26N8O. The second-order valence-corrected chi connectivity index (χ2v) is 9.59. The molecule has 176 valence electrons. The number of hydrogen-bond acceptors (Lipinski definition) is 7. The third kappa shape index (κ3) is 3.59. The maximum atomic E-state index is 6.13. The summed E-state index contributed by atoms with van der Waals surface area (Å²) in [5.41, 5.74) is 5.15. The fourth-order valence-corrected chi connectivity index (χ4v) is 5.70. The van der Waals surface area contributed by atoms with E-state index in [0.717, 1.165) is 46.3 Å². The molecule has 3 atom stereocenters. The molecule has 2 aliphatic heterocycles. The number of anilines is 2. The Morgan fingerprint density at radius 2 is 1.89 bits per heavy atom. The molecule has 9 heteroatoms. The largest absolute Gasteiger partial charge is 0.457 e. The van der Waals surface area contributed by atoms with Crippen molar-refractivity contribution in [3.05, 3.63) is 72.6 Å². The van der Waals surface area contributed by atoms with Gasteiger partial charge in [0.05, 0.1) is 0 Å². The minimum absolute atomic E-state index is 0.548. The lowest BCUT2D eigenvalue weighted by molar-refractivity contribution is 0.181. The highest BCUT2D eigenvalue weighted by atomic mass is 16.5. The molecule has 2 bridgehead atoms. The Hall–Kier alpha value is -3.98. The summed E-state index contributed by atoms with van der Waals surface area (Å²) in [4.78, 5) is 8.85. The summed E-state index contributed by atoms with van der Waals surface area (Å²) < 4.78 is 9.79. The van der Waals surface area contributed by atoms with Gasteiger partial charge in [-0.3, -0.25) is 0 Å². The molecule has 3 unspecified atom stereocenters. The lowest BCUT2D eigenvalue weighted by Gasteiger charge is -2.43. The third-order valence-corrected chi connectivity index (χ3v) is 7.46. The van der Waals surface area contributed by atoms with Crippen molar-refractivity contribution in [1.82, 2.24) is 34.5 Å². The van der Waals surface area contributed by atoms with E-state index in [2.05, 4.69) is 49.1 Å². The number of hydrogen-bond donors (Lipinski definition) is 2. The van der Waals surface area contributed by atoms with E-state index in [9.17, 15) is 0 Å². The van der Waals surface area contributed by atoms with Gasteiger partial charge in [-0.15, -0.1) is 0 Å². The Morgan fingerprint density at radius 3 is 2.71 bits per heavy atom. The second-order valence-electron chi connectivity index (χ2n) is 9.59. The van der Waals surface area contributed by atoms with E-state index in [4.69, 9.17) is 4.74 Å². The van der Waals surface area contributed by atoms with Crippen LogP contribution in [0.15, 0.2) is 61.4 Å². The minimum atomic E-state index is 0.548. The number of ether oxygens (including phenoxy) is 1. The highest BCUT2D eigenvalue weighted by Crippen LogP contribution is 2.43. The van der Waals surface area contributed by atoms with Gasteiger partial charge >= 0.3 is 0 Å². The predicted octanol–water partition coefficient (Wildman–Crippen LogP) is 4.47. The van der Waals surface area contributed by atoms with E-state index < -0.39 is 0 Å². The fourth-order valence-electron chi connectivity index (χ4n) is 5.70. The molecule has 2 saturated heterocycles. The van der Waals surface area contributed by atoms with Crippen molar-refractivity contribution in [3.63, 3.8) is 0 Å². The van der Waals surface area contributed by atoms with Crippen molar-refractivity contribution in [2.45, 2.75) is 38.1 Å². The van der Waals surface area contributed by atoms with Gasteiger partial charge in [0, 0.05) is 30.2 Å². The molecule has 3 fully saturated rings. The molecule has 4 aromatic heterocycles. The van der Waals surface area contributed by atoms with Gasteiger partial charge in [-0.2, -0.15) is 10.2 Å². The van der Waals surface area contributed by atoms with Gasteiger partial charge in [-0.05, 0) is 86.0 Å². The smallest absolute Gasteiger partial charge is 0.158 e. The highest BCUT2D eigenvalue weighted by molar-refractivity contribution is 5.77. The quantitative estimate of drug-likeness (QED) is 0.395. The molecule has 35 heavy (non-hydrogen) atoms. The van der Waals surface area contributed by atoms with E-state index in [1.807, 2.05) is 41.9 Å². The predicted molar refractivity (Wildman–Crippen MR) is 132 cm³/mol. The van der Waals surface area contributed by atoms with Crippen molar-refractivity contribution in [1.29, 1.82) is 0 Å². The second kappa shape index (κ2) is 8.06. The van der Waals surface area contributed by atoms with Crippen LogP contribution >= 0.6 is 0 Å². The van der Waals surface area contributed by atoms with Crippen LogP contribution in [0.4, 0.5) is 11.5 Å². The first kappa shape index (κ1) is 20.4. The topological polar surface area (TPSA) is 93.7 Å². The van der Waals surface area contributed by atoms with Crippen molar-refractivity contribution < 1.29 is 4.74 Å². The van der Waals surface area contributed by atoms with Crippen LogP contribution < -0.4 is 15.4 Å². The molecule has 9 nitrogen and oxygen atoms in total. The van der Waals surface area contributed by atoms with Crippen LogP contribution in [-0.4, -0.2) is 41.8 Å². The standard InChI is InChI=1S/C26H26N8O/c1-16-10-19(4-5-23(16)35-20-6-8-33-24(12-20)28-14-30-33)32-26-25-21(7-9-34(25)31-15-29-26)22-11-18-3-2-17(22)13-27-18/h4-10,12,14-15,17-18,22,27H,2-3,11,13H2,1H3,(H,29,31,32). The van der Waals surface area contributed by atoms with Crippen LogP contribution in [0.1, 0.15) is 36.3 Å². The maximum absolute atomic E-state index is 6.13. The number of rotatable bonds is 5. The van der Waals surface area contributed by atoms with Gasteiger partial charge in [0.2, 0.25) is 0 Å². The average Bonchev–Trinajstić information content (AvgIpc) is 3.54. The summed E-state index contributed by atoms with van der Waals surface area (Å²) in [5.74, 6) is 3.57. The number of pyridine rings is 1. The normalized spacial score (nSPS) is 21.6. The molecule has 6 heterocycles. The number of aromatic nitrogens is 6. The highest BCUT2D eigenvalue weighted by Gasteiger charge is 2.37. The Kier molecular flexibility index (Phi) is 4.70. The van der Waals surface area contributed by atoms with Crippen molar-refractivity contribution in [3.8, 4) is 11.5 Å². The lowest BCUT2D eigenvalue weighted by Crippen LogP contribution is -2.48. The molecule has 1 aliphatic carbocycles. The number of benzene rings is 1. The molecule has 8 rings (SSSR count). The first-order chi connectivity index (χ1) is 17.2. The Labute approximate surface area is 202 Å². The number of fused-ring (bicyclic) bond motifs is 5. The summed E-state index contributed by atoms with van der Waals surface area (Å²) in [6.07, 6.45) is 10.8. The number of nitrogens with one attached hydrogen (secondary N) is 2. The summed E-state index contributed by atoms with van der Waals surface area (Å²) in [6.45, 7) is 3.15. The molecule has 3 aliphatic rings. The van der Waals surface area contributed by atoms with Gasteiger partial charge in [0.1, 0.15) is 29.7 Å². The van der Waals surface area contributed by atoms with Gasteiger partial charge < -0.3 is 15.4 Å². The van der Waals surface area contributed by atoms with Crippen molar-refractivity contribution in [2.75, 3.05) is 11.9 Å². The third-order valence-electron chi connectivity index (χ3n) is 7.46. The summed E-state index contributed by atoms with van der Waals surface area (Å²) in [6, 6.07) is 12.7. The molecule has 2 N–H and O–H groups in total. The zero-order valence-electron chi connectivity index (χ0n) is 19.4. The van der Waals surface area contributed by atoms with Crippen LogP contribution in [-0.2, 0) is 0 Å². The number of piperidine rings is 2. The summed E-state index contributed by atoms with van der Waals surface area (Å²) >= 11 is 0. The number of nitrogens with zero attached hydrogens (tertiary/aromatic N) is 6. The fraction of sp³-hybridized carbons (Fsp3) is 0.308. The van der Waals surface area contributed by atoms with Crippen LogP contribution in [0.2, 0.25) is 0 Å². The van der Waals surface area contributed by atoms with Crippen LogP contribution in [0.25, 0.3) is 11.2 Å². The average molecular weight is 467 g/mol. The van der Waals surface area contributed by atoms with Gasteiger partial charge in [0.15, 0.2) is 11.5 Å². The molecule has 0 radical (unpaired) electrons. The molecule has 0 amide bonds. The zero-order chi connectivity index (χ0) is 23.4. The molecule has 1 saturated carbocycles. The van der Waals surface area contributed by atoms with Crippen LogP contribution in [0, 0.1) is 12.8 Å². The van der Waals surface area contributed by atoms with E-state index in [0.29, 0.717) is 17.9 Å². The minimum Gasteiger partial charge on any atom is -0.457 e. The molecule has 0 spiro atoms. The van der Waals surface area contributed by atoms with Gasteiger partial charge in [-0.25, -0.2) is 19.0 Å². The van der Waals surface area contributed by atoms with E-state index in [-0.39, 0.29) is 0 Å². The summed E-state index contributed by atoms with van der Waals surface area (Å²) in [5, 5.41) is 15.8. The first-order valence-electron chi connectivity index (χ1n) is 12.1. The lowest BCUT2D eigenvalue weighted by atomic mass is 9.70. The van der Waals surface area contributed by atoms with Crippen molar-refractivity contribution in [2.24, 2.45) is 5.92 Å². The first-order valence-corrected chi connectivity index (χ1v) is 12.1. The zero-order valence-corrected chi connectivity index (χ0v) is 19.4. The van der Waals surface area contributed by atoms with Crippen molar-refractivity contribution >= 4 is 22.7 Å². The Balaban J connectivity index is 1.17. The van der Waals surface area contributed by atoms with E-state index >= 15 is 0 Å². The van der Waals surface area contributed by atoms with E-state index in [1.165, 1.54) is 31.2 Å². The maximum Gasteiger partial charge on any atom is 0.158 e. The molecule has 1 aromatic carbocycles. The molecule has 5 aromatic rings. The summed E-state index contributed by atoms with van der Waals surface area (Å²) in [7, 11) is 0. The van der Waals surface area contributed by atoms with Gasteiger partial charge in [0.25, 0.3) is 0 Å². The molecular weight excluding hydrogens is 440 g/mol. The van der Waals surface area contributed by atoms with Crippen LogP contribution in [0.3, 0.4) is 0 Å². The Morgan fingerprint density at radius 1 is 1.00 bits per heavy atom. The Bertz CT molecular complexity index is 1530. The number of aryl methyl sites for hydroxylation is 1. The van der Waals surface area contributed by atoms with Gasteiger partial charge in [-0.1, -0.05) is 0 Å². The monoisotopic (exact) mass is 466 g/mol.